The summed E-state index contributed by atoms with van der Waals surface area (Å²) in [6, 6.07) is 20.9. The first kappa shape index (κ1) is 20.5. The minimum absolute atomic E-state index is 0.126. The first-order valence-electron chi connectivity index (χ1n) is 9.07. The molecule has 0 aliphatic heterocycles. The van der Waals surface area contributed by atoms with Crippen LogP contribution in [0.5, 0.6) is 23.0 Å². The highest BCUT2D eigenvalue weighted by atomic mass is 32.2. The Morgan fingerprint density at radius 1 is 0.793 bits per heavy atom. The molecule has 0 heterocycles. The molecule has 3 aromatic carbocycles. The van der Waals surface area contributed by atoms with Crippen LogP contribution in [0.15, 0.2) is 77.7 Å². The summed E-state index contributed by atoms with van der Waals surface area (Å²) >= 11 is 0. The van der Waals surface area contributed by atoms with Crippen molar-refractivity contribution in [1.82, 2.24) is 0 Å². The molecule has 0 aromatic heterocycles. The summed E-state index contributed by atoms with van der Waals surface area (Å²) in [6.07, 6.45) is 0. The fourth-order valence-corrected chi connectivity index (χ4v) is 4.39. The fourth-order valence-electron chi connectivity index (χ4n) is 2.90. The predicted molar refractivity (Wildman–Crippen MR) is 113 cm³/mol. The van der Waals surface area contributed by atoms with Gasteiger partial charge in [-0.15, -0.1) is 0 Å². The van der Waals surface area contributed by atoms with Gasteiger partial charge in [-0.05, 0) is 55.5 Å². The van der Waals surface area contributed by atoms with Gasteiger partial charge in [0, 0.05) is 12.6 Å². The van der Waals surface area contributed by atoms with E-state index < -0.39 is 10.0 Å². The maximum absolute atomic E-state index is 13.2. The summed E-state index contributed by atoms with van der Waals surface area (Å²) in [4.78, 5) is 0.126. The molecule has 0 bridgehead atoms. The van der Waals surface area contributed by atoms with Crippen LogP contribution in [0.2, 0.25) is 0 Å². The van der Waals surface area contributed by atoms with E-state index >= 15 is 0 Å². The van der Waals surface area contributed by atoms with Crippen LogP contribution < -0.4 is 18.5 Å². The molecule has 0 amide bonds. The summed E-state index contributed by atoms with van der Waals surface area (Å²) in [5.74, 6) is 2.17. The van der Waals surface area contributed by atoms with Crippen molar-refractivity contribution >= 4 is 15.7 Å². The Bertz CT molecular complexity index is 1050. The van der Waals surface area contributed by atoms with Crippen molar-refractivity contribution in [2.75, 3.05) is 25.1 Å². The molecule has 152 valence electrons. The van der Waals surface area contributed by atoms with Crippen molar-refractivity contribution in [3.8, 4) is 23.0 Å². The van der Waals surface area contributed by atoms with Gasteiger partial charge in [0.1, 0.15) is 11.5 Å². The molecule has 0 radical (unpaired) electrons. The number of benzene rings is 3. The number of nitrogens with zero attached hydrogens (tertiary/aromatic N) is 1. The zero-order valence-electron chi connectivity index (χ0n) is 16.5. The molecule has 0 spiro atoms. The molecular weight excluding hydrogens is 390 g/mol. The van der Waals surface area contributed by atoms with E-state index in [-0.39, 0.29) is 11.4 Å². The van der Waals surface area contributed by atoms with Crippen LogP contribution in [-0.2, 0) is 10.0 Å². The molecule has 3 rings (SSSR count). The van der Waals surface area contributed by atoms with Crippen LogP contribution in [0.1, 0.15) is 6.92 Å². The molecular formula is C22H23NO5S. The monoisotopic (exact) mass is 413 g/mol. The highest BCUT2D eigenvalue weighted by Crippen LogP contribution is 2.33. The molecule has 3 aromatic rings. The standard InChI is InChI=1S/C22H23NO5S/c1-4-23(29(24,25)20-14-15-21(26-2)22(16-20)27-3)17-10-12-19(13-11-17)28-18-8-6-5-7-9-18/h5-16H,4H2,1-3H3. The number of ether oxygens (including phenoxy) is 3. The molecule has 0 aliphatic carbocycles. The van der Waals surface area contributed by atoms with Gasteiger partial charge in [0.25, 0.3) is 10.0 Å². The third-order valence-electron chi connectivity index (χ3n) is 4.33. The molecule has 0 saturated carbocycles. The summed E-state index contributed by atoms with van der Waals surface area (Å²) in [6.45, 7) is 2.06. The van der Waals surface area contributed by atoms with E-state index in [1.807, 2.05) is 30.3 Å². The minimum Gasteiger partial charge on any atom is -0.493 e. The van der Waals surface area contributed by atoms with Gasteiger partial charge in [0.15, 0.2) is 11.5 Å². The van der Waals surface area contributed by atoms with E-state index in [1.165, 1.54) is 30.7 Å². The van der Waals surface area contributed by atoms with Crippen molar-refractivity contribution < 1.29 is 22.6 Å². The SMILES string of the molecule is CCN(c1ccc(Oc2ccccc2)cc1)S(=O)(=O)c1ccc(OC)c(OC)c1. The number of anilines is 1. The fraction of sp³-hybridized carbons (Fsp3) is 0.182. The number of sulfonamides is 1. The van der Waals surface area contributed by atoms with Crippen LogP contribution in [-0.4, -0.2) is 29.2 Å². The maximum atomic E-state index is 13.2. The van der Waals surface area contributed by atoms with Gasteiger partial charge in [0.2, 0.25) is 0 Å². The summed E-state index contributed by atoms with van der Waals surface area (Å²) in [5.41, 5.74) is 0.544. The van der Waals surface area contributed by atoms with Gasteiger partial charge in [-0.1, -0.05) is 18.2 Å². The van der Waals surface area contributed by atoms with Gasteiger partial charge in [-0.25, -0.2) is 8.42 Å². The van der Waals surface area contributed by atoms with E-state index in [2.05, 4.69) is 0 Å². The van der Waals surface area contributed by atoms with Crippen LogP contribution in [0, 0.1) is 0 Å². The first-order chi connectivity index (χ1) is 14.0. The minimum atomic E-state index is -3.78. The second kappa shape index (κ2) is 8.87. The van der Waals surface area contributed by atoms with Crippen molar-refractivity contribution in [2.24, 2.45) is 0 Å². The number of hydrogen-bond acceptors (Lipinski definition) is 5. The average molecular weight is 413 g/mol. The Morgan fingerprint density at radius 2 is 1.41 bits per heavy atom. The van der Waals surface area contributed by atoms with Crippen LogP contribution in [0.25, 0.3) is 0 Å². The van der Waals surface area contributed by atoms with Crippen LogP contribution in [0.3, 0.4) is 0 Å². The summed E-state index contributed by atoms with van der Waals surface area (Å²) in [5, 5.41) is 0. The molecule has 29 heavy (non-hydrogen) atoms. The van der Waals surface area contributed by atoms with Gasteiger partial charge < -0.3 is 14.2 Å². The largest absolute Gasteiger partial charge is 0.493 e. The Kier molecular flexibility index (Phi) is 6.29. The zero-order valence-corrected chi connectivity index (χ0v) is 17.3. The van der Waals surface area contributed by atoms with Gasteiger partial charge in [-0.2, -0.15) is 0 Å². The number of methoxy groups -OCH3 is 2. The molecule has 6 nitrogen and oxygen atoms in total. The zero-order chi connectivity index (χ0) is 20.9. The molecule has 7 heteroatoms. The molecule has 0 atom stereocenters. The quantitative estimate of drug-likeness (QED) is 0.535. The number of rotatable bonds is 8. The Labute approximate surface area is 171 Å². The number of para-hydroxylation sites is 1. The van der Waals surface area contributed by atoms with E-state index in [1.54, 1.807) is 37.3 Å². The lowest BCUT2D eigenvalue weighted by molar-refractivity contribution is 0.354. The second-order valence-corrected chi connectivity index (χ2v) is 7.96. The smallest absolute Gasteiger partial charge is 0.264 e. The van der Waals surface area contributed by atoms with Crippen LogP contribution >= 0.6 is 0 Å². The van der Waals surface area contributed by atoms with Crippen molar-refractivity contribution in [3.05, 3.63) is 72.8 Å². The summed E-state index contributed by atoms with van der Waals surface area (Å²) < 4.78 is 43.9. The van der Waals surface area contributed by atoms with Gasteiger partial charge in [-0.3, -0.25) is 4.31 Å². The molecule has 0 fully saturated rings. The third kappa shape index (κ3) is 4.46. The Balaban J connectivity index is 1.88. The molecule has 0 N–H and O–H groups in total. The van der Waals surface area contributed by atoms with E-state index in [0.717, 1.165) is 0 Å². The normalized spacial score (nSPS) is 11.0. The van der Waals surface area contributed by atoms with Gasteiger partial charge >= 0.3 is 0 Å². The van der Waals surface area contributed by atoms with Gasteiger partial charge in [0.05, 0.1) is 24.8 Å². The lowest BCUT2D eigenvalue weighted by atomic mass is 10.3. The highest BCUT2D eigenvalue weighted by molar-refractivity contribution is 7.92. The Morgan fingerprint density at radius 3 is 2.00 bits per heavy atom. The van der Waals surface area contributed by atoms with Crippen molar-refractivity contribution in [1.29, 1.82) is 0 Å². The second-order valence-electron chi connectivity index (χ2n) is 6.10. The Hall–Kier alpha value is -3.19. The number of hydrogen-bond donors (Lipinski definition) is 0. The first-order valence-corrected chi connectivity index (χ1v) is 10.5. The summed E-state index contributed by atoms with van der Waals surface area (Å²) in [7, 11) is -0.804. The van der Waals surface area contributed by atoms with E-state index in [9.17, 15) is 8.42 Å². The third-order valence-corrected chi connectivity index (χ3v) is 6.23. The van der Waals surface area contributed by atoms with Crippen LogP contribution in [0.4, 0.5) is 5.69 Å². The van der Waals surface area contributed by atoms with Crippen molar-refractivity contribution in [2.45, 2.75) is 11.8 Å². The lowest BCUT2D eigenvalue weighted by Crippen LogP contribution is -2.30. The molecule has 0 unspecified atom stereocenters. The molecule has 0 aliphatic rings. The van der Waals surface area contributed by atoms with Crippen molar-refractivity contribution in [3.63, 3.8) is 0 Å². The predicted octanol–water partition coefficient (Wildman–Crippen LogP) is 4.71. The molecule has 0 saturated heterocycles. The maximum Gasteiger partial charge on any atom is 0.264 e. The topological polar surface area (TPSA) is 65.1 Å². The van der Waals surface area contributed by atoms with E-state index in [4.69, 9.17) is 14.2 Å². The lowest BCUT2D eigenvalue weighted by Gasteiger charge is -2.23. The van der Waals surface area contributed by atoms with E-state index in [0.29, 0.717) is 28.7 Å². The average Bonchev–Trinajstić information content (AvgIpc) is 2.75. The highest BCUT2D eigenvalue weighted by Gasteiger charge is 2.25.